The Balaban J connectivity index is 1.59. The zero-order valence-electron chi connectivity index (χ0n) is 16.8. The highest BCUT2D eigenvalue weighted by atomic mass is 35.5. The molecule has 0 fully saturated rings. The van der Waals surface area contributed by atoms with Crippen molar-refractivity contribution < 1.29 is 14.0 Å². The summed E-state index contributed by atoms with van der Waals surface area (Å²) in [5.41, 5.74) is 2.41. The number of nitriles is 1. The SMILES string of the molecule is Cc1ccc(C2C(C#N)=C(SCC(=O)Nc3cccc(Cl)c3)NC3=C2C(=O)CCC3)o1. The third-order valence-corrected chi connectivity index (χ3v) is 6.42. The van der Waals surface area contributed by atoms with Gasteiger partial charge < -0.3 is 15.1 Å². The largest absolute Gasteiger partial charge is 0.465 e. The van der Waals surface area contributed by atoms with Gasteiger partial charge in [-0.2, -0.15) is 5.26 Å². The zero-order valence-corrected chi connectivity index (χ0v) is 18.4. The summed E-state index contributed by atoms with van der Waals surface area (Å²) in [7, 11) is 0. The first-order valence-electron chi connectivity index (χ1n) is 9.88. The Morgan fingerprint density at radius 1 is 1.35 bits per heavy atom. The first-order valence-corrected chi connectivity index (χ1v) is 11.2. The van der Waals surface area contributed by atoms with Gasteiger partial charge in [0.2, 0.25) is 5.91 Å². The van der Waals surface area contributed by atoms with E-state index >= 15 is 0 Å². The molecule has 1 aliphatic heterocycles. The van der Waals surface area contributed by atoms with Gasteiger partial charge in [-0.25, -0.2) is 0 Å². The number of ketones is 1. The van der Waals surface area contributed by atoms with Crippen molar-refractivity contribution >= 4 is 40.7 Å². The van der Waals surface area contributed by atoms with Crippen molar-refractivity contribution in [3.63, 3.8) is 0 Å². The van der Waals surface area contributed by atoms with Crippen LogP contribution in [0, 0.1) is 18.3 Å². The van der Waals surface area contributed by atoms with Crippen LogP contribution < -0.4 is 10.6 Å². The lowest BCUT2D eigenvalue weighted by atomic mass is 9.79. The number of carbonyl (C=O) groups excluding carboxylic acids is 2. The van der Waals surface area contributed by atoms with E-state index in [0.717, 1.165) is 18.5 Å². The molecule has 2 N–H and O–H groups in total. The van der Waals surface area contributed by atoms with Crippen LogP contribution in [0.1, 0.15) is 36.7 Å². The molecule has 2 aromatic rings. The predicted molar refractivity (Wildman–Crippen MR) is 120 cm³/mol. The summed E-state index contributed by atoms with van der Waals surface area (Å²) in [6.45, 7) is 1.83. The van der Waals surface area contributed by atoms with Crippen molar-refractivity contribution in [3.8, 4) is 6.07 Å². The molecule has 1 aliphatic carbocycles. The minimum absolute atomic E-state index is 0.0308. The summed E-state index contributed by atoms with van der Waals surface area (Å²) >= 11 is 7.20. The lowest BCUT2D eigenvalue weighted by molar-refractivity contribution is -0.116. The van der Waals surface area contributed by atoms with Gasteiger partial charge in [0.05, 0.1) is 28.3 Å². The second kappa shape index (κ2) is 9.04. The Hall–Kier alpha value is -2.95. The topological polar surface area (TPSA) is 95.1 Å². The highest BCUT2D eigenvalue weighted by molar-refractivity contribution is 8.03. The molecule has 1 amide bonds. The number of amides is 1. The molecule has 6 nitrogen and oxygen atoms in total. The van der Waals surface area contributed by atoms with Gasteiger partial charge in [-0.15, -0.1) is 0 Å². The summed E-state index contributed by atoms with van der Waals surface area (Å²) in [4.78, 5) is 25.2. The number of Topliss-reactive ketones (excluding diaryl/α,β-unsaturated/α-hetero) is 1. The first kappa shape index (κ1) is 21.3. The number of nitrogens with zero attached hydrogens (tertiary/aromatic N) is 1. The van der Waals surface area contributed by atoms with E-state index in [1.54, 1.807) is 24.3 Å². The quantitative estimate of drug-likeness (QED) is 0.658. The van der Waals surface area contributed by atoms with Crippen LogP contribution in [0.4, 0.5) is 5.69 Å². The van der Waals surface area contributed by atoms with Crippen molar-refractivity contribution in [1.29, 1.82) is 5.26 Å². The maximum atomic E-state index is 12.7. The maximum Gasteiger partial charge on any atom is 0.234 e. The average Bonchev–Trinajstić information content (AvgIpc) is 3.17. The summed E-state index contributed by atoms with van der Waals surface area (Å²) in [6, 6.07) is 12.8. The Bertz CT molecular complexity index is 1160. The molecule has 2 aliphatic rings. The predicted octanol–water partition coefficient (Wildman–Crippen LogP) is 5.04. The van der Waals surface area contributed by atoms with Crippen LogP contribution in [0.15, 0.2) is 62.7 Å². The number of halogens is 1. The summed E-state index contributed by atoms with van der Waals surface area (Å²) in [5, 5.41) is 17.1. The number of carbonyl (C=O) groups is 2. The second-order valence-electron chi connectivity index (χ2n) is 7.38. The van der Waals surface area contributed by atoms with Gasteiger partial charge in [0.15, 0.2) is 5.78 Å². The van der Waals surface area contributed by atoms with Gasteiger partial charge >= 0.3 is 0 Å². The van der Waals surface area contributed by atoms with Crippen LogP contribution in [0.3, 0.4) is 0 Å². The number of hydrogen-bond acceptors (Lipinski definition) is 6. The third-order valence-electron chi connectivity index (χ3n) is 5.16. The van der Waals surface area contributed by atoms with E-state index in [0.29, 0.717) is 44.8 Å². The molecule has 1 unspecified atom stereocenters. The normalized spacial score (nSPS) is 18.4. The third kappa shape index (κ3) is 4.55. The lowest BCUT2D eigenvalue weighted by Gasteiger charge is -2.32. The molecule has 31 heavy (non-hydrogen) atoms. The van der Waals surface area contributed by atoms with Crippen LogP contribution in [0.5, 0.6) is 0 Å². The van der Waals surface area contributed by atoms with Crippen LogP contribution in [0.25, 0.3) is 0 Å². The molecule has 8 heteroatoms. The van der Waals surface area contributed by atoms with Crippen LogP contribution >= 0.6 is 23.4 Å². The van der Waals surface area contributed by atoms with E-state index < -0.39 is 5.92 Å². The van der Waals surface area contributed by atoms with Crippen molar-refractivity contribution in [2.75, 3.05) is 11.1 Å². The molecule has 0 saturated heterocycles. The van der Waals surface area contributed by atoms with Crippen LogP contribution in [-0.2, 0) is 9.59 Å². The van der Waals surface area contributed by atoms with E-state index in [2.05, 4.69) is 16.7 Å². The fraction of sp³-hybridized carbons (Fsp3) is 0.261. The van der Waals surface area contributed by atoms with Crippen molar-refractivity contribution in [2.24, 2.45) is 0 Å². The van der Waals surface area contributed by atoms with Crippen LogP contribution in [0.2, 0.25) is 5.02 Å². The number of benzene rings is 1. The Morgan fingerprint density at radius 3 is 2.90 bits per heavy atom. The van der Waals surface area contributed by atoms with Gasteiger partial charge in [-0.1, -0.05) is 29.4 Å². The number of nitrogens with one attached hydrogen (secondary N) is 2. The smallest absolute Gasteiger partial charge is 0.234 e. The lowest BCUT2D eigenvalue weighted by Crippen LogP contribution is -2.31. The zero-order chi connectivity index (χ0) is 22.0. The maximum absolute atomic E-state index is 12.7. The fourth-order valence-corrected chi connectivity index (χ4v) is 4.88. The van der Waals surface area contributed by atoms with E-state index in [9.17, 15) is 14.9 Å². The molecular weight excluding hydrogens is 434 g/mol. The number of furan rings is 1. The molecule has 0 bridgehead atoms. The molecule has 2 heterocycles. The number of hydrogen-bond donors (Lipinski definition) is 2. The monoisotopic (exact) mass is 453 g/mol. The van der Waals surface area contributed by atoms with Gasteiger partial charge in [0.25, 0.3) is 0 Å². The Kier molecular flexibility index (Phi) is 6.21. The molecule has 1 aromatic carbocycles. The van der Waals surface area contributed by atoms with Crippen molar-refractivity contribution in [2.45, 2.75) is 32.1 Å². The van der Waals surface area contributed by atoms with Crippen LogP contribution in [-0.4, -0.2) is 17.4 Å². The fourth-order valence-electron chi connectivity index (χ4n) is 3.83. The van der Waals surface area contributed by atoms with E-state index in [1.807, 2.05) is 19.1 Å². The summed E-state index contributed by atoms with van der Waals surface area (Å²) in [6.07, 6.45) is 1.93. The van der Waals surface area contributed by atoms with Gasteiger partial charge in [0.1, 0.15) is 11.5 Å². The van der Waals surface area contributed by atoms with Gasteiger partial charge in [-0.05, 0) is 50.1 Å². The molecule has 1 atom stereocenters. The van der Waals surface area contributed by atoms with E-state index in [-0.39, 0.29) is 17.4 Å². The minimum Gasteiger partial charge on any atom is -0.465 e. The number of allylic oxidation sites excluding steroid dienone is 3. The van der Waals surface area contributed by atoms with E-state index in [4.69, 9.17) is 16.0 Å². The summed E-state index contributed by atoms with van der Waals surface area (Å²) < 4.78 is 5.82. The second-order valence-corrected chi connectivity index (χ2v) is 8.80. The van der Waals surface area contributed by atoms with Gasteiger partial charge in [-0.3, -0.25) is 9.59 Å². The molecular formula is C23H20ClN3O3S. The molecule has 0 radical (unpaired) electrons. The minimum atomic E-state index is -0.554. The Labute approximate surface area is 189 Å². The van der Waals surface area contributed by atoms with Crippen molar-refractivity contribution in [3.05, 3.63) is 74.8 Å². The molecule has 4 rings (SSSR count). The molecule has 0 saturated carbocycles. The highest BCUT2D eigenvalue weighted by Gasteiger charge is 2.38. The molecule has 0 spiro atoms. The van der Waals surface area contributed by atoms with Gasteiger partial charge in [0, 0.05) is 28.4 Å². The highest BCUT2D eigenvalue weighted by Crippen LogP contribution is 2.44. The number of aryl methyl sites for hydroxylation is 1. The summed E-state index contributed by atoms with van der Waals surface area (Å²) in [5.74, 6) is 0.639. The number of anilines is 1. The molecule has 1 aromatic heterocycles. The number of dihydropyridines is 1. The molecule has 158 valence electrons. The van der Waals surface area contributed by atoms with Crippen molar-refractivity contribution in [1.82, 2.24) is 5.32 Å². The standard InChI is InChI=1S/C23H20ClN3O3S/c1-13-8-9-19(30-13)21-16(11-25)23(27-17-6-3-7-18(28)22(17)21)31-12-20(29)26-15-5-2-4-14(24)10-15/h2,4-5,8-10,21,27H,3,6-7,12H2,1H3,(H,26,29). The number of rotatable bonds is 5. The van der Waals surface area contributed by atoms with E-state index in [1.165, 1.54) is 11.8 Å². The Morgan fingerprint density at radius 2 is 2.19 bits per heavy atom. The average molecular weight is 454 g/mol. The first-order chi connectivity index (χ1) is 15.0. The number of thioether (sulfide) groups is 1.